The number of guanidine groups is 1. The fraction of sp³-hybridized carbons (Fsp3) is 0.529. The summed E-state index contributed by atoms with van der Waals surface area (Å²) in [6, 6.07) is 7.29. The first-order chi connectivity index (χ1) is 11.8. The van der Waals surface area contributed by atoms with Gasteiger partial charge < -0.3 is 15.5 Å². The quantitative estimate of drug-likeness (QED) is 0.324. The number of carbonyl (C=O) groups is 1. The number of benzene rings is 1. The van der Waals surface area contributed by atoms with Crippen LogP contribution < -0.4 is 10.6 Å². The van der Waals surface area contributed by atoms with Gasteiger partial charge in [0.2, 0.25) is 0 Å². The highest BCUT2D eigenvalue weighted by molar-refractivity contribution is 14.0. The van der Waals surface area contributed by atoms with E-state index in [-0.39, 0.29) is 41.4 Å². The molecule has 0 heterocycles. The summed E-state index contributed by atoms with van der Waals surface area (Å²) in [7, 11) is 0.433. The molecule has 0 atom stereocenters. The van der Waals surface area contributed by atoms with Crippen molar-refractivity contribution < 1.29 is 13.2 Å². The molecule has 148 valence electrons. The molecule has 7 nitrogen and oxygen atoms in total. The smallest absolute Gasteiger partial charge is 0.253 e. The Morgan fingerprint density at radius 2 is 1.73 bits per heavy atom. The highest BCUT2D eigenvalue weighted by Gasteiger charge is 2.08. The van der Waals surface area contributed by atoms with Crippen LogP contribution in [0.25, 0.3) is 0 Å². The predicted octanol–water partition coefficient (Wildman–Crippen LogP) is 1.50. The Morgan fingerprint density at radius 1 is 1.12 bits per heavy atom. The normalized spacial score (nSPS) is 11.5. The first-order valence-corrected chi connectivity index (χ1v) is 10.1. The number of sulfone groups is 1. The number of amides is 1. The third-order valence-electron chi connectivity index (χ3n) is 3.52. The van der Waals surface area contributed by atoms with Gasteiger partial charge in [-0.1, -0.05) is 19.1 Å². The second kappa shape index (κ2) is 12.1. The monoisotopic (exact) mass is 496 g/mol. The summed E-state index contributed by atoms with van der Waals surface area (Å²) in [4.78, 5) is 17.8. The number of carbonyl (C=O) groups excluding carboxylic acids is 1. The highest BCUT2D eigenvalue weighted by Crippen LogP contribution is 2.07. The molecule has 0 aromatic heterocycles. The van der Waals surface area contributed by atoms with Gasteiger partial charge in [-0.2, -0.15) is 0 Å². The van der Waals surface area contributed by atoms with Gasteiger partial charge in [-0.3, -0.25) is 4.79 Å². The zero-order valence-corrected chi connectivity index (χ0v) is 18.9. The van der Waals surface area contributed by atoms with Crippen LogP contribution >= 0.6 is 24.0 Å². The number of nitrogens with zero attached hydrogens (tertiary/aromatic N) is 2. The zero-order valence-electron chi connectivity index (χ0n) is 15.8. The van der Waals surface area contributed by atoms with E-state index in [4.69, 9.17) is 0 Å². The Labute approximate surface area is 173 Å². The van der Waals surface area contributed by atoms with Crippen molar-refractivity contribution in [2.45, 2.75) is 20.4 Å². The zero-order chi connectivity index (χ0) is 18.9. The maximum Gasteiger partial charge on any atom is 0.253 e. The molecular weight excluding hydrogens is 467 g/mol. The minimum atomic E-state index is -3.00. The molecule has 0 bridgehead atoms. The molecule has 0 saturated heterocycles. The molecule has 0 spiro atoms. The van der Waals surface area contributed by atoms with Crippen LogP contribution in [0.3, 0.4) is 0 Å². The van der Waals surface area contributed by atoms with Gasteiger partial charge in [0.05, 0.1) is 12.3 Å². The van der Waals surface area contributed by atoms with Crippen molar-refractivity contribution in [1.82, 2.24) is 15.5 Å². The molecule has 0 radical (unpaired) electrons. The molecule has 1 aromatic rings. The van der Waals surface area contributed by atoms with Crippen molar-refractivity contribution in [3.63, 3.8) is 0 Å². The molecular formula is C17H29IN4O3S. The summed E-state index contributed by atoms with van der Waals surface area (Å²) >= 11 is 0. The van der Waals surface area contributed by atoms with Gasteiger partial charge in [-0.15, -0.1) is 24.0 Å². The topological polar surface area (TPSA) is 90.9 Å². The number of hydrogen-bond donors (Lipinski definition) is 2. The first-order valence-electron chi connectivity index (χ1n) is 8.32. The van der Waals surface area contributed by atoms with Crippen LogP contribution in [0.1, 0.15) is 29.8 Å². The summed E-state index contributed by atoms with van der Waals surface area (Å²) in [6.45, 7) is 5.02. The Balaban J connectivity index is 0.00000625. The van der Waals surface area contributed by atoms with E-state index in [0.717, 1.165) is 5.56 Å². The van der Waals surface area contributed by atoms with Crippen molar-refractivity contribution in [2.75, 3.05) is 38.7 Å². The van der Waals surface area contributed by atoms with E-state index in [1.54, 1.807) is 33.2 Å². The highest BCUT2D eigenvalue weighted by atomic mass is 127. The van der Waals surface area contributed by atoms with Crippen LogP contribution in [0.4, 0.5) is 0 Å². The molecule has 0 aliphatic heterocycles. The van der Waals surface area contributed by atoms with Crippen LogP contribution in [0.15, 0.2) is 29.3 Å². The number of halogens is 1. The van der Waals surface area contributed by atoms with E-state index >= 15 is 0 Å². The minimum absolute atomic E-state index is 0. The molecule has 0 saturated carbocycles. The van der Waals surface area contributed by atoms with Gasteiger partial charge in [-0.05, 0) is 24.6 Å². The van der Waals surface area contributed by atoms with E-state index < -0.39 is 9.84 Å². The van der Waals surface area contributed by atoms with Crippen molar-refractivity contribution in [3.05, 3.63) is 35.4 Å². The summed E-state index contributed by atoms with van der Waals surface area (Å²) in [5, 5.41) is 6.11. The summed E-state index contributed by atoms with van der Waals surface area (Å²) in [5.41, 5.74) is 1.60. The molecule has 0 unspecified atom stereocenters. The van der Waals surface area contributed by atoms with Crippen LogP contribution in [0, 0.1) is 0 Å². The minimum Gasteiger partial charge on any atom is -0.357 e. The van der Waals surface area contributed by atoms with E-state index in [9.17, 15) is 13.2 Å². The second-order valence-electron chi connectivity index (χ2n) is 5.75. The lowest BCUT2D eigenvalue weighted by Gasteiger charge is -2.12. The summed E-state index contributed by atoms with van der Waals surface area (Å²) < 4.78 is 23.0. The predicted molar refractivity (Wildman–Crippen MR) is 117 cm³/mol. The van der Waals surface area contributed by atoms with Crippen molar-refractivity contribution in [2.24, 2.45) is 4.99 Å². The lowest BCUT2D eigenvalue weighted by atomic mass is 10.1. The first kappa shape index (κ1) is 24.6. The molecule has 0 aliphatic carbocycles. The average molecular weight is 496 g/mol. The van der Waals surface area contributed by atoms with Gasteiger partial charge in [-0.25, -0.2) is 13.4 Å². The van der Waals surface area contributed by atoms with Crippen molar-refractivity contribution in [3.8, 4) is 0 Å². The Bertz CT molecular complexity index is 688. The van der Waals surface area contributed by atoms with Gasteiger partial charge in [0.1, 0.15) is 0 Å². The van der Waals surface area contributed by atoms with Crippen LogP contribution in [-0.4, -0.2) is 63.9 Å². The van der Waals surface area contributed by atoms with Gasteiger partial charge in [0.15, 0.2) is 15.8 Å². The molecule has 0 fully saturated rings. The molecule has 1 rings (SSSR count). The Kier molecular flexibility index (Phi) is 11.5. The van der Waals surface area contributed by atoms with Gasteiger partial charge >= 0.3 is 0 Å². The number of hydrogen-bond acceptors (Lipinski definition) is 4. The summed E-state index contributed by atoms with van der Waals surface area (Å²) in [5.74, 6) is 0.750. The third-order valence-corrected chi connectivity index (χ3v) is 5.22. The van der Waals surface area contributed by atoms with Crippen molar-refractivity contribution in [1.29, 1.82) is 0 Å². The van der Waals surface area contributed by atoms with E-state index in [0.29, 0.717) is 31.2 Å². The molecule has 0 aliphatic rings. The van der Waals surface area contributed by atoms with Gasteiger partial charge in [0, 0.05) is 38.5 Å². The molecule has 9 heteroatoms. The number of nitrogens with one attached hydrogen (secondary N) is 2. The fourth-order valence-corrected chi connectivity index (χ4v) is 2.69. The maximum absolute atomic E-state index is 11.9. The lowest BCUT2D eigenvalue weighted by molar-refractivity contribution is 0.0827. The maximum atomic E-state index is 11.9. The fourth-order valence-electron chi connectivity index (χ4n) is 1.99. The van der Waals surface area contributed by atoms with Crippen LogP contribution in [0.5, 0.6) is 0 Å². The van der Waals surface area contributed by atoms with Crippen LogP contribution in [0.2, 0.25) is 0 Å². The Morgan fingerprint density at radius 3 is 2.23 bits per heavy atom. The SMILES string of the molecule is CCNC(=NCc1ccc(C(=O)N(C)C)cc1)NCCS(=O)(=O)CC.I. The molecule has 2 N–H and O–H groups in total. The molecule has 26 heavy (non-hydrogen) atoms. The van der Waals surface area contributed by atoms with Gasteiger partial charge in [0.25, 0.3) is 5.91 Å². The molecule has 1 amide bonds. The largest absolute Gasteiger partial charge is 0.357 e. The number of aliphatic imine (C=N–C) groups is 1. The number of rotatable bonds is 8. The van der Waals surface area contributed by atoms with E-state index in [1.807, 2.05) is 19.1 Å². The van der Waals surface area contributed by atoms with Crippen molar-refractivity contribution >= 4 is 45.7 Å². The average Bonchev–Trinajstić information content (AvgIpc) is 2.59. The van der Waals surface area contributed by atoms with Crippen LogP contribution in [-0.2, 0) is 16.4 Å². The second-order valence-corrected chi connectivity index (χ2v) is 8.23. The van der Waals surface area contributed by atoms with E-state index in [2.05, 4.69) is 15.6 Å². The lowest BCUT2D eigenvalue weighted by Crippen LogP contribution is -2.39. The molecule has 1 aromatic carbocycles. The third kappa shape index (κ3) is 8.84. The Hall–Kier alpha value is -1.36. The standard InChI is InChI=1S/C17H28N4O3S.HI/c1-5-18-17(19-11-12-25(23,24)6-2)20-13-14-7-9-15(10-8-14)16(22)21(3)4;/h7-10H,5-6,11-13H2,1-4H3,(H2,18,19,20);1H. The van der Waals surface area contributed by atoms with E-state index in [1.165, 1.54) is 4.90 Å². The summed E-state index contributed by atoms with van der Waals surface area (Å²) in [6.07, 6.45) is 0.